The summed E-state index contributed by atoms with van der Waals surface area (Å²) in [4.78, 5) is 0. The molecule has 5 rings (SSSR count). The molecule has 19 heavy (non-hydrogen) atoms. The van der Waals surface area contributed by atoms with Crippen LogP contribution in [0.25, 0.3) is 0 Å². The first-order chi connectivity index (χ1) is 8.65. The van der Waals surface area contributed by atoms with E-state index in [1.165, 1.54) is 31.4 Å². The van der Waals surface area contributed by atoms with Crippen molar-refractivity contribution in [2.24, 2.45) is 34.0 Å². The Morgan fingerprint density at radius 1 is 1.05 bits per heavy atom. The molecule has 0 radical (unpaired) electrons. The summed E-state index contributed by atoms with van der Waals surface area (Å²) in [6, 6.07) is 0. The Morgan fingerprint density at radius 3 is 2.26 bits per heavy atom. The van der Waals surface area contributed by atoms with E-state index in [2.05, 4.69) is 34.0 Å². The average molecular weight is 279 g/mol. The van der Waals surface area contributed by atoms with Crippen LogP contribution in [0.3, 0.4) is 0 Å². The molecule has 0 aromatic rings. The van der Waals surface area contributed by atoms with Gasteiger partial charge in [-0.25, -0.2) is 0 Å². The molecule has 5 aliphatic rings. The third-order valence-electron chi connectivity index (χ3n) is 8.34. The van der Waals surface area contributed by atoms with Crippen LogP contribution >= 0.6 is 9.44 Å². The Labute approximate surface area is 120 Å². The smallest absolute Gasteiger partial charge is 0.00204 e. The number of hydrogen-bond acceptors (Lipinski definition) is 0. The Kier molecular flexibility index (Phi) is 2.13. The van der Waals surface area contributed by atoms with Crippen LogP contribution in [0.15, 0.2) is 0 Å². The molecule has 2 heterocycles. The zero-order valence-electron chi connectivity index (χ0n) is 13.3. The Hall–Kier alpha value is 0.130. The predicted octanol–water partition coefficient (Wildman–Crippen LogP) is 4.88. The Morgan fingerprint density at radius 2 is 1.68 bits per heavy atom. The van der Waals surface area contributed by atoms with E-state index < -0.39 is 9.44 Å². The summed E-state index contributed by atoms with van der Waals surface area (Å²) in [7, 11) is -0.919. The van der Waals surface area contributed by atoms with Crippen LogP contribution in [0, 0.1) is 39.7 Å². The van der Waals surface area contributed by atoms with Gasteiger partial charge in [0.25, 0.3) is 0 Å². The van der Waals surface area contributed by atoms with Gasteiger partial charge in [0.1, 0.15) is 0 Å². The first-order valence-electron chi connectivity index (χ1n) is 8.17. The van der Waals surface area contributed by atoms with Crippen molar-refractivity contribution in [1.29, 1.82) is 0 Å². The molecule has 6 unspecified atom stereocenters. The lowest BCUT2D eigenvalue weighted by atomic mass is 9.54. The van der Waals surface area contributed by atoms with Crippen molar-refractivity contribution in [3.05, 3.63) is 0 Å². The van der Waals surface area contributed by atoms with E-state index in [1.54, 1.807) is 0 Å². The van der Waals surface area contributed by atoms with Crippen LogP contribution in [-0.2, 0) is 0 Å². The summed E-state index contributed by atoms with van der Waals surface area (Å²) >= 11 is 0. The largest absolute Gasteiger partial charge is 0.191 e. The van der Waals surface area contributed by atoms with Crippen molar-refractivity contribution in [1.82, 2.24) is 0 Å². The van der Waals surface area contributed by atoms with E-state index >= 15 is 0 Å². The topological polar surface area (TPSA) is 0 Å². The summed E-state index contributed by atoms with van der Waals surface area (Å²) < 4.78 is 0. The number of hydrogen-bond donors (Lipinski definition) is 0. The van der Waals surface area contributed by atoms with Crippen molar-refractivity contribution in [2.75, 3.05) is 12.0 Å². The first kappa shape index (κ1) is 12.8. The standard InChI is InChI=1S/C18H30S/c1-12-13(2)19(5,6)11-18-10-15(18)17(18,4)9-14-7-16(12,3)8-14/h5,12-15H,7-11H2,1-4,6H3. The maximum absolute atomic E-state index is 6.91. The second-order valence-corrected chi connectivity index (χ2v) is 12.8. The zero-order chi connectivity index (χ0) is 13.8. The highest BCUT2D eigenvalue weighted by atomic mass is 32.2. The lowest BCUT2D eigenvalue weighted by Gasteiger charge is -2.55. The van der Waals surface area contributed by atoms with Gasteiger partial charge in [0.05, 0.1) is 0 Å². The molecule has 0 N–H and O–H groups in total. The summed E-state index contributed by atoms with van der Waals surface area (Å²) in [5, 5.41) is 0.733. The van der Waals surface area contributed by atoms with Crippen LogP contribution in [0.1, 0.15) is 53.4 Å². The maximum atomic E-state index is 6.91. The van der Waals surface area contributed by atoms with Crippen LogP contribution < -0.4 is 0 Å². The second kappa shape index (κ2) is 3.14. The van der Waals surface area contributed by atoms with Gasteiger partial charge in [0, 0.05) is 0 Å². The molecule has 5 fully saturated rings. The monoisotopic (exact) mass is 278 g/mol. The van der Waals surface area contributed by atoms with Gasteiger partial charge in [-0.3, -0.25) is 0 Å². The molecule has 6 atom stereocenters. The summed E-state index contributed by atoms with van der Waals surface area (Å²) in [6.07, 6.45) is 8.41. The molecule has 3 saturated carbocycles. The minimum Gasteiger partial charge on any atom is -0.191 e. The summed E-state index contributed by atoms with van der Waals surface area (Å²) in [6.45, 7) is 10.1. The van der Waals surface area contributed by atoms with Crippen molar-refractivity contribution in [2.45, 2.75) is 58.6 Å². The highest BCUT2D eigenvalue weighted by Gasteiger charge is 2.86. The van der Waals surface area contributed by atoms with Crippen molar-refractivity contribution in [3.63, 3.8) is 0 Å². The van der Waals surface area contributed by atoms with Gasteiger partial charge in [-0.15, -0.1) is 5.69 Å². The molecule has 2 aliphatic heterocycles. The van der Waals surface area contributed by atoms with E-state index in [9.17, 15) is 0 Å². The van der Waals surface area contributed by atoms with Gasteiger partial charge in [-0.1, -0.05) is 27.7 Å². The van der Waals surface area contributed by atoms with E-state index in [-0.39, 0.29) is 0 Å². The van der Waals surface area contributed by atoms with Gasteiger partial charge >= 0.3 is 0 Å². The van der Waals surface area contributed by atoms with E-state index in [4.69, 9.17) is 5.69 Å². The van der Waals surface area contributed by atoms with Gasteiger partial charge in [-0.2, -0.15) is 9.44 Å². The highest BCUT2D eigenvalue weighted by molar-refractivity contribution is 8.23. The fraction of sp³-hybridized carbons (Fsp3) is 0.944. The zero-order valence-corrected chi connectivity index (χ0v) is 14.1. The minimum absolute atomic E-state index is 0.595. The molecule has 3 aliphatic carbocycles. The van der Waals surface area contributed by atoms with Gasteiger partial charge in [-0.05, 0) is 76.9 Å². The van der Waals surface area contributed by atoms with Crippen LogP contribution in [-0.4, -0.2) is 17.3 Å². The molecular formula is C18H30S. The fourth-order valence-electron chi connectivity index (χ4n) is 6.35. The van der Waals surface area contributed by atoms with E-state index in [1.807, 2.05) is 0 Å². The van der Waals surface area contributed by atoms with Crippen LogP contribution in [0.5, 0.6) is 0 Å². The van der Waals surface area contributed by atoms with Crippen molar-refractivity contribution < 1.29 is 0 Å². The molecule has 0 nitrogen and oxygen atoms in total. The predicted molar refractivity (Wildman–Crippen MR) is 86.0 cm³/mol. The lowest BCUT2D eigenvalue weighted by molar-refractivity contribution is -0.00434. The third-order valence-corrected chi connectivity index (χ3v) is 11.6. The van der Waals surface area contributed by atoms with Crippen LogP contribution in [0.2, 0.25) is 0 Å². The van der Waals surface area contributed by atoms with Crippen molar-refractivity contribution >= 4 is 9.44 Å². The molecule has 0 aromatic carbocycles. The third kappa shape index (κ3) is 1.35. The normalized spacial score (nSPS) is 70.3. The molecular weight excluding hydrogens is 248 g/mol. The van der Waals surface area contributed by atoms with Crippen LogP contribution in [0.4, 0.5) is 0 Å². The van der Waals surface area contributed by atoms with E-state index in [0.717, 1.165) is 23.0 Å². The SMILES string of the molecule is C#S1(C)CC23CC2C3(C)CC2CC(C)(C2)C(C)C1C. The highest BCUT2D eigenvalue weighted by Crippen LogP contribution is 2.91. The van der Waals surface area contributed by atoms with Gasteiger partial charge < -0.3 is 0 Å². The van der Waals surface area contributed by atoms with E-state index in [0.29, 0.717) is 16.2 Å². The number of rotatable bonds is 0. The first-order valence-corrected chi connectivity index (χ1v) is 10.5. The Bertz CT molecular complexity index is 543. The molecule has 1 spiro atoms. The van der Waals surface area contributed by atoms with Crippen molar-refractivity contribution in [3.8, 4) is 5.69 Å². The molecule has 2 saturated heterocycles. The summed E-state index contributed by atoms with van der Waals surface area (Å²) in [5.74, 6) is 4.27. The quantitative estimate of drug-likeness (QED) is 0.592. The molecule has 1 heteroatoms. The minimum atomic E-state index is -0.919. The average Bonchev–Trinajstić information content (AvgIpc) is 3.10. The summed E-state index contributed by atoms with van der Waals surface area (Å²) in [5.41, 5.74) is 8.92. The molecule has 0 aromatic heterocycles. The fourth-order valence-corrected chi connectivity index (χ4v) is 9.63. The Balaban J connectivity index is 1.70. The molecule has 108 valence electrons. The number of fused-ring (bicyclic) bond motifs is 3. The maximum Gasteiger partial charge on any atom is -0.00204 e. The molecule has 0 amide bonds. The second-order valence-electron chi connectivity index (χ2n) is 9.33. The molecule has 2 bridgehead atoms. The van der Waals surface area contributed by atoms with Gasteiger partial charge in [0.2, 0.25) is 0 Å². The van der Waals surface area contributed by atoms with Gasteiger partial charge in [0.15, 0.2) is 0 Å². The lowest BCUT2D eigenvalue weighted by Crippen LogP contribution is -2.46.